The first-order valence-corrected chi connectivity index (χ1v) is 14.0. The fourth-order valence-electron chi connectivity index (χ4n) is 4.37. The van der Waals surface area contributed by atoms with Gasteiger partial charge in [0.2, 0.25) is 12.7 Å². The first kappa shape index (κ1) is 26.7. The monoisotopic (exact) mass is 579 g/mol. The minimum Gasteiger partial charge on any atom is -0.494 e. The van der Waals surface area contributed by atoms with E-state index >= 15 is 0 Å². The number of thiophene rings is 1. The molecule has 0 unspecified atom stereocenters. The molecule has 12 heteroatoms. The van der Waals surface area contributed by atoms with E-state index < -0.39 is 17.2 Å². The van der Waals surface area contributed by atoms with Gasteiger partial charge in [-0.1, -0.05) is 36.1 Å². The molecule has 0 saturated carbocycles. The van der Waals surface area contributed by atoms with Crippen molar-refractivity contribution in [3.8, 4) is 23.4 Å². The number of fused-ring (bicyclic) bond motifs is 1. The van der Waals surface area contributed by atoms with E-state index in [1.165, 1.54) is 34.9 Å². The summed E-state index contributed by atoms with van der Waals surface area (Å²) in [6.07, 6.45) is 2.05. The minimum absolute atomic E-state index is 0.0253. The molecule has 2 aromatic heterocycles. The predicted octanol–water partition coefficient (Wildman–Crippen LogP) is 4.44. The third kappa shape index (κ3) is 5.21. The van der Waals surface area contributed by atoms with Crippen LogP contribution in [0.2, 0.25) is 0 Å². The quantitative estimate of drug-likeness (QED) is 0.235. The average Bonchev–Trinajstić information content (AvgIpc) is 3.65. The zero-order valence-electron chi connectivity index (χ0n) is 20.6. The van der Waals surface area contributed by atoms with Crippen molar-refractivity contribution in [3.63, 3.8) is 0 Å². The minimum atomic E-state index is -0.697. The van der Waals surface area contributed by atoms with Crippen molar-refractivity contribution < 1.29 is 24.2 Å². The van der Waals surface area contributed by atoms with Crippen molar-refractivity contribution in [2.45, 2.75) is 26.3 Å². The van der Waals surface area contributed by atoms with E-state index in [1.54, 1.807) is 24.3 Å². The van der Waals surface area contributed by atoms with E-state index in [4.69, 9.17) is 21.7 Å². The summed E-state index contributed by atoms with van der Waals surface area (Å²) < 4.78 is 12.1. The van der Waals surface area contributed by atoms with Crippen LogP contribution in [0.1, 0.15) is 44.8 Å². The number of rotatable bonds is 8. The molecule has 1 N–H and O–H groups in total. The molecule has 0 bridgehead atoms. The maximum atomic E-state index is 13.3. The lowest BCUT2D eigenvalue weighted by molar-refractivity contribution is -0.122. The van der Waals surface area contributed by atoms with Crippen molar-refractivity contribution in [2.75, 3.05) is 13.3 Å². The first-order chi connectivity index (χ1) is 18.8. The van der Waals surface area contributed by atoms with Crippen molar-refractivity contribution in [1.82, 2.24) is 9.47 Å². The van der Waals surface area contributed by atoms with Crippen LogP contribution in [0.15, 0.2) is 45.4 Å². The first-order valence-electron chi connectivity index (χ1n) is 11.9. The van der Waals surface area contributed by atoms with Gasteiger partial charge in [-0.05, 0) is 54.1 Å². The zero-order valence-corrected chi connectivity index (χ0v) is 23.1. The number of hydrogen-bond acceptors (Lipinski definition) is 10. The molecule has 1 saturated heterocycles. The van der Waals surface area contributed by atoms with Gasteiger partial charge >= 0.3 is 0 Å². The van der Waals surface area contributed by atoms with E-state index in [0.29, 0.717) is 26.3 Å². The lowest BCUT2D eigenvalue weighted by Gasteiger charge is -2.17. The number of ether oxygens (including phenoxy) is 2. The van der Waals surface area contributed by atoms with Crippen molar-refractivity contribution >= 4 is 57.4 Å². The van der Waals surface area contributed by atoms with Crippen molar-refractivity contribution in [1.29, 1.82) is 5.26 Å². The number of ketones is 1. The number of Topliss-reactive ketones (excluding diaryl/α,β-unsaturated/α-hetero) is 1. The molecule has 4 heterocycles. The van der Waals surface area contributed by atoms with Crippen LogP contribution in [-0.2, 0) is 11.3 Å². The van der Waals surface area contributed by atoms with Crippen LogP contribution >= 0.6 is 35.3 Å². The molecule has 198 valence electrons. The van der Waals surface area contributed by atoms with Gasteiger partial charge in [-0.2, -0.15) is 5.26 Å². The summed E-state index contributed by atoms with van der Waals surface area (Å²) >= 11 is 8.11. The van der Waals surface area contributed by atoms with Gasteiger partial charge in [-0.25, -0.2) is 0 Å². The number of benzene rings is 1. The van der Waals surface area contributed by atoms with Gasteiger partial charge in [0.25, 0.3) is 11.5 Å². The number of carbonyl (C=O) groups is 2. The summed E-state index contributed by atoms with van der Waals surface area (Å²) in [5.41, 5.74) is -0.261. The Hall–Kier alpha value is -3.92. The van der Waals surface area contributed by atoms with Gasteiger partial charge in [0.1, 0.15) is 16.0 Å². The number of thiocarbonyl (C=S) groups is 1. The smallest absolute Gasteiger partial charge is 0.271 e. The molecular weight excluding hydrogens is 559 g/mol. The third-order valence-corrected chi connectivity index (χ3v) is 8.53. The SMILES string of the molecule is Cc1c(C(=O)CCCN2C(=O)/C(=C/c3cccs3)SC2=S)c(O)n(Cc2ccc3c(c2)OCO3)c(=O)c1C#N. The van der Waals surface area contributed by atoms with Crippen LogP contribution in [0.4, 0.5) is 0 Å². The molecule has 39 heavy (non-hydrogen) atoms. The molecule has 3 aromatic rings. The fraction of sp³-hybridized carbons (Fsp3) is 0.222. The third-order valence-electron chi connectivity index (χ3n) is 6.33. The summed E-state index contributed by atoms with van der Waals surface area (Å²) in [7, 11) is 0. The molecule has 0 atom stereocenters. The summed E-state index contributed by atoms with van der Waals surface area (Å²) in [6.45, 7) is 1.70. The molecule has 2 aliphatic rings. The number of hydrogen-bond donors (Lipinski definition) is 1. The van der Waals surface area contributed by atoms with Crippen LogP contribution in [-0.4, -0.2) is 43.9 Å². The van der Waals surface area contributed by atoms with Gasteiger partial charge in [0.05, 0.1) is 17.0 Å². The summed E-state index contributed by atoms with van der Waals surface area (Å²) in [5, 5.41) is 22.6. The van der Waals surface area contributed by atoms with Gasteiger partial charge < -0.3 is 14.6 Å². The van der Waals surface area contributed by atoms with Crippen molar-refractivity contribution in [2.24, 2.45) is 0 Å². The molecule has 1 aromatic carbocycles. The summed E-state index contributed by atoms with van der Waals surface area (Å²) in [5.74, 6) is -0.0979. The Kier molecular flexibility index (Phi) is 7.56. The van der Waals surface area contributed by atoms with Gasteiger partial charge in [0, 0.05) is 17.8 Å². The Bertz CT molecular complexity index is 1640. The van der Waals surface area contributed by atoms with Crippen LogP contribution < -0.4 is 15.0 Å². The molecule has 9 nitrogen and oxygen atoms in total. The van der Waals surface area contributed by atoms with Crippen molar-refractivity contribution in [3.05, 3.63) is 78.1 Å². The van der Waals surface area contributed by atoms with Crippen LogP contribution in [0.5, 0.6) is 17.4 Å². The average molecular weight is 580 g/mol. The zero-order chi connectivity index (χ0) is 27.7. The number of amides is 1. The molecule has 1 fully saturated rings. The van der Waals surface area contributed by atoms with Gasteiger partial charge in [0.15, 0.2) is 17.3 Å². The highest BCUT2D eigenvalue weighted by Gasteiger charge is 2.32. The number of thioether (sulfide) groups is 1. The normalized spacial score (nSPS) is 15.3. The number of aromatic nitrogens is 1. The summed E-state index contributed by atoms with van der Waals surface area (Å²) in [4.78, 5) is 42.0. The Morgan fingerprint density at radius 3 is 2.79 bits per heavy atom. The standard InChI is InChI=1S/C27H21N3O6S3/c1-15-18(12-28)24(32)30(13-16-6-7-20-21(10-16)36-14-35-20)26(34)23(15)19(31)5-2-8-29-25(33)22(39-27(29)37)11-17-4-3-9-38-17/h3-4,6-7,9-11,34H,2,5,8,13-14H2,1H3/b22-11-. The highest BCUT2D eigenvalue weighted by atomic mass is 32.2. The maximum Gasteiger partial charge on any atom is 0.271 e. The number of nitriles is 1. The molecule has 5 rings (SSSR count). The van der Waals surface area contributed by atoms with E-state index in [2.05, 4.69) is 0 Å². The fourth-order valence-corrected chi connectivity index (χ4v) is 6.40. The topological polar surface area (TPSA) is 122 Å². The Labute approximate surface area is 236 Å². The van der Waals surface area contributed by atoms with Crippen LogP contribution in [0.3, 0.4) is 0 Å². The molecule has 0 radical (unpaired) electrons. The Morgan fingerprint density at radius 2 is 2.05 bits per heavy atom. The largest absolute Gasteiger partial charge is 0.494 e. The van der Waals surface area contributed by atoms with Gasteiger partial charge in [-0.3, -0.25) is 23.9 Å². The number of nitrogens with zero attached hydrogens (tertiary/aromatic N) is 3. The van der Waals surface area contributed by atoms with E-state index in [-0.39, 0.29) is 55.3 Å². The molecule has 2 aliphatic heterocycles. The number of aromatic hydroxyl groups is 1. The number of pyridine rings is 1. The number of carbonyl (C=O) groups excluding carboxylic acids is 2. The van der Waals surface area contributed by atoms with E-state index in [0.717, 1.165) is 9.44 Å². The molecule has 1 amide bonds. The second-order valence-electron chi connectivity index (χ2n) is 8.76. The molecule has 0 aliphatic carbocycles. The lowest BCUT2D eigenvalue weighted by Crippen LogP contribution is -2.30. The highest BCUT2D eigenvalue weighted by molar-refractivity contribution is 8.26. The Balaban J connectivity index is 1.33. The van der Waals surface area contributed by atoms with E-state index in [9.17, 15) is 24.8 Å². The Morgan fingerprint density at radius 1 is 1.26 bits per heavy atom. The van der Waals surface area contributed by atoms with Crippen LogP contribution in [0, 0.1) is 18.3 Å². The molecular formula is C27H21N3O6S3. The lowest BCUT2D eigenvalue weighted by atomic mass is 9.99. The van der Waals surface area contributed by atoms with Crippen LogP contribution in [0.25, 0.3) is 6.08 Å². The van der Waals surface area contributed by atoms with Gasteiger partial charge in [-0.15, -0.1) is 11.3 Å². The second kappa shape index (κ2) is 11.1. The van der Waals surface area contributed by atoms with E-state index in [1.807, 2.05) is 23.6 Å². The second-order valence-corrected chi connectivity index (χ2v) is 11.4. The predicted molar refractivity (Wildman–Crippen MR) is 151 cm³/mol. The molecule has 0 spiro atoms. The maximum absolute atomic E-state index is 13.3. The highest BCUT2D eigenvalue weighted by Crippen LogP contribution is 2.35. The summed E-state index contributed by atoms with van der Waals surface area (Å²) in [6, 6.07) is 10.8.